The molecule has 4 aliphatic rings. The molecule has 1 aliphatic heterocycles. The van der Waals surface area contributed by atoms with E-state index in [0.717, 1.165) is 31.9 Å². The van der Waals surface area contributed by atoms with Crippen LogP contribution < -0.4 is 5.32 Å². The zero-order valence-corrected chi connectivity index (χ0v) is 18.6. The van der Waals surface area contributed by atoms with Crippen molar-refractivity contribution in [1.82, 2.24) is 10.2 Å². The number of hydrogen-bond acceptors (Lipinski definition) is 3. The highest BCUT2D eigenvalue weighted by Crippen LogP contribution is 2.64. The fraction of sp³-hybridized carbons (Fsp3) is 0.619. The van der Waals surface area contributed by atoms with Gasteiger partial charge in [-0.1, -0.05) is 43.4 Å². The minimum Gasteiger partial charge on any atom is -0.450 e. The van der Waals surface area contributed by atoms with Gasteiger partial charge in [0.1, 0.15) is 0 Å². The van der Waals surface area contributed by atoms with Crippen molar-refractivity contribution in [2.24, 2.45) is 0 Å². The monoisotopic (exact) mass is 420 g/mol. The second kappa shape index (κ2) is 6.77. The Morgan fingerprint density at radius 1 is 1.25 bits per heavy atom. The van der Waals surface area contributed by atoms with Crippen LogP contribution >= 0.6 is 11.6 Å². The summed E-state index contributed by atoms with van der Waals surface area (Å²) in [4.78, 5) is 26.8. The van der Waals surface area contributed by atoms with Crippen LogP contribution in [0.25, 0.3) is 0 Å². The molecule has 1 heterocycles. The maximum absolute atomic E-state index is 12.6. The average molecular weight is 421 g/mol. The van der Waals surface area contributed by atoms with E-state index >= 15 is 0 Å². The van der Waals surface area contributed by atoms with E-state index in [1.54, 1.807) is 0 Å². The number of nitrogens with zero attached hydrogens (tertiary/aromatic N) is 1. The Morgan fingerprint density at radius 3 is 2.50 bits per heavy atom. The second-order valence-electron chi connectivity index (χ2n) is 10.1. The number of rotatable bonds is 6. The summed E-state index contributed by atoms with van der Waals surface area (Å²) in [5.74, 6) is 0.459. The zero-order valence-electron chi connectivity index (χ0n) is 16.9. The Kier molecular flexibility index (Phi) is 4.78. The minimum absolute atomic E-state index is 0.0517. The van der Waals surface area contributed by atoms with E-state index in [-0.39, 0.29) is 29.0 Å². The number of likely N-dealkylation sites (tertiary alicyclic amines) is 1. The number of carbonyl (C=O) groups excluding carboxylic acids is 2. The fourth-order valence-corrected chi connectivity index (χ4v) is 5.82. The van der Waals surface area contributed by atoms with Crippen LogP contribution in [-0.4, -0.2) is 49.2 Å². The van der Waals surface area contributed by atoms with Gasteiger partial charge in [-0.25, -0.2) is 4.79 Å². The third-order valence-electron chi connectivity index (χ3n) is 6.49. The highest BCUT2D eigenvalue weighted by Gasteiger charge is 2.72. The molecule has 0 aromatic heterocycles. The lowest BCUT2D eigenvalue weighted by Crippen LogP contribution is -2.83. The molecule has 3 saturated carbocycles. The van der Waals surface area contributed by atoms with Crippen molar-refractivity contribution in [2.75, 3.05) is 13.2 Å². The van der Waals surface area contributed by atoms with Gasteiger partial charge in [-0.15, -0.1) is 0 Å². The van der Waals surface area contributed by atoms with Gasteiger partial charge in [0, 0.05) is 37.5 Å². The molecule has 4 fully saturated rings. The molecule has 3 aliphatic carbocycles. The van der Waals surface area contributed by atoms with Crippen LogP contribution in [0.5, 0.6) is 0 Å². The van der Waals surface area contributed by atoms with Gasteiger partial charge in [-0.3, -0.25) is 4.79 Å². The molecule has 1 aromatic carbocycles. The molecule has 5 rings (SSSR count). The number of ether oxygens (including phenoxy) is 1. The maximum Gasteiger partial charge on any atom is 0.407 e. The predicted octanol–water partition coefficient (Wildman–Crippen LogP) is 4.40. The van der Waals surface area contributed by atoms with Gasteiger partial charge in [0.15, 0.2) is 0 Å². The van der Waals surface area contributed by atoms with Crippen molar-refractivity contribution in [2.45, 2.75) is 68.4 Å². The Labute approximate surface area is 172 Å². The standard InChI is InChI=1S/C21H29ClN2O3Si/c1-28(2,3)9-8-27-19(26)23-20-12-21(13-20,14-20)24-11-16(10-18(24)25)15-4-6-17(22)7-5-15/h4-7,16H,8-14H2,1-3H3,(H,23,26). The van der Waals surface area contributed by atoms with Crippen molar-refractivity contribution >= 4 is 31.7 Å². The quantitative estimate of drug-likeness (QED) is 0.694. The van der Waals surface area contributed by atoms with E-state index in [1.807, 2.05) is 24.3 Å². The molecule has 1 unspecified atom stereocenters. The van der Waals surface area contributed by atoms with E-state index in [0.29, 0.717) is 18.1 Å². The zero-order chi connectivity index (χ0) is 20.2. The van der Waals surface area contributed by atoms with Crippen molar-refractivity contribution in [3.8, 4) is 0 Å². The van der Waals surface area contributed by atoms with E-state index in [9.17, 15) is 9.59 Å². The highest BCUT2D eigenvalue weighted by atomic mass is 35.5. The normalized spacial score (nSPS) is 31.2. The molecule has 152 valence electrons. The Balaban J connectivity index is 1.28. The van der Waals surface area contributed by atoms with Crippen molar-refractivity contribution < 1.29 is 14.3 Å². The van der Waals surface area contributed by atoms with Crippen LogP contribution in [0.4, 0.5) is 4.79 Å². The van der Waals surface area contributed by atoms with E-state index in [1.165, 1.54) is 5.56 Å². The summed E-state index contributed by atoms with van der Waals surface area (Å²) >= 11 is 5.98. The number of nitrogens with one attached hydrogen (secondary N) is 1. The first kappa shape index (κ1) is 19.8. The third kappa shape index (κ3) is 3.69. The largest absolute Gasteiger partial charge is 0.450 e. The molecule has 1 aromatic rings. The minimum atomic E-state index is -1.20. The first-order chi connectivity index (χ1) is 13.1. The SMILES string of the molecule is C[Si](C)(C)CCOC(=O)NC12CC(N3CC(c4ccc(Cl)cc4)CC3=O)(C1)C2. The molecule has 1 N–H and O–H groups in total. The summed E-state index contributed by atoms with van der Waals surface area (Å²) in [5.41, 5.74) is 0.962. The maximum atomic E-state index is 12.6. The Morgan fingerprint density at radius 2 is 1.89 bits per heavy atom. The molecular formula is C21H29ClN2O3Si. The Bertz CT molecular complexity index is 770. The molecule has 28 heavy (non-hydrogen) atoms. The van der Waals surface area contributed by atoms with Gasteiger partial charge < -0.3 is 15.0 Å². The first-order valence-corrected chi connectivity index (χ1v) is 14.2. The molecule has 0 spiro atoms. The number of hydrogen-bond donors (Lipinski definition) is 1. The summed E-state index contributed by atoms with van der Waals surface area (Å²) < 4.78 is 5.37. The smallest absolute Gasteiger partial charge is 0.407 e. The van der Waals surface area contributed by atoms with E-state index in [2.05, 4.69) is 29.9 Å². The second-order valence-corrected chi connectivity index (χ2v) is 16.1. The van der Waals surface area contributed by atoms with Crippen LogP contribution in [0.15, 0.2) is 24.3 Å². The predicted molar refractivity (Wildman–Crippen MR) is 112 cm³/mol. The molecule has 1 atom stereocenters. The summed E-state index contributed by atoms with van der Waals surface area (Å²) in [7, 11) is -1.20. The lowest BCUT2D eigenvalue weighted by Gasteiger charge is -2.72. The molecular weight excluding hydrogens is 392 g/mol. The topological polar surface area (TPSA) is 58.6 Å². The van der Waals surface area contributed by atoms with Gasteiger partial charge in [0.25, 0.3) is 0 Å². The summed E-state index contributed by atoms with van der Waals surface area (Å²) in [6.45, 7) is 8.06. The number of amides is 2. The highest BCUT2D eigenvalue weighted by molar-refractivity contribution is 6.76. The number of benzene rings is 1. The molecule has 2 amide bonds. The number of halogens is 1. The van der Waals surface area contributed by atoms with Crippen LogP contribution in [0.1, 0.15) is 37.2 Å². The lowest BCUT2D eigenvalue weighted by atomic mass is 9.43. The molecule has 0 radical (unpaired) electrons. The fourth-order valence-electron chi connectivity index (χ4n) is 4.98. The average Bonchev–Trinajstić information content (AvgIpc) is 2.90. The van der Waals surface area contributed by atoms with Crippen LogP contribution in [0, 0.1) is 0 Å². The van der Waals surface area contributed by atoms with Gasteiger partial charge in [0.05, 0.1) is 12.1 Å². The van der Waals surface area contributed by atoms with E-state index < -0.39 is 8.07 Å². The summed E-state index contributed by atoms with van der Waals surface area (Å²) in [5, 5.41) is 3.78. The molecule has 2 bridgehead atoms. The van der Waals surface area contributed by atoms with E-state index in [4.69, 9.17) is 16.3 Å². The van der Waals surface area contributed by atoms with Gasteiger partial charge in [0.2, 0.25) is 5.91 Å². The van der Waals surface area contributed by atoms with Gasteiger partial charge in [-0.2, -0.15) is 0 Å². The van der Waals surface area contributed by atoms with Gasteiger partial charge >= 0.3 is 6.09 Å². The number of carbonyl (C=O) groups is 2. The summed E-state index contributed by atoms with van der Waals surface area (Å²) in [6.07, 6.45) is 2.80. The first-order valence-electron chi connectivity index (χ1n) is 10.1. The molecule has 1 saturated heterocycles. The van der Waals surface area contributed by atoms with Crippen molar-refractivity contribution in [1.29, 1.82) is 0 Å². The van der Waals surface area contributed by atoms with Crippen LogP contribution in [-0.2, 0) is 9.53 Å². The molecule has 5 nitrogen and oxygen atoms in total. The van der Waals surface area contributed by atoms with Crippen LogP contribution in [0.3, 0.4) is 0 Å². The van der Waals surface area contributed by atoms with Crippen molar-refractivity contribution in [3.05, 3.63) is 34.9 Å². The molecule has 7 heteroatoms. The lowest BCUT2D eigenvalue weighted by molar-refractivity contribution is -0.181. The van der Waals surface area contributed by atoms with Crippen molar-refractivity contribution in [3.63, 3.8) is 0 Å². The number of alkyl carbamates (subject to hydrolysis) is 1. The van der Waals surface area contributed by atoms with Crippen LogP contribution in [0.2, 0.25) is 30.7 Å². The Hall–Kier alpha value is -1.53. The summed E-state index contributed by atoms with van der Waals surface area (Å²) in [6, 6.07) is 8.79. The third-order valence-corrected chi connectivity index (χ3v) is 8.45. The van der Waals surface area contributed by atoms with Gasteiger partial charge in [-0.05, 0) is 43.0 Å².